The van der Waals surface area contributed by atoms with Crippen molar-refractivity contribution < 1.29 is 4.79 Å². The second-order valence-electron chi connectivity index (χ2n) is 5.56. The van der Waals surface area contributed by atoms with Gasteiger partial charge in [-0.25, -0.2) is 4.68 Å². The van der Waals surface area contributed by atoms with E-state index < -0.39 is 0 Å². The van der Waals surface area contributed by atoms with Crippen LogP contribution in [0, 0.1) is 6.92 Å². The lowest BCUT2D eigenvalue weighted by Crippen LogP contribution is -2.24. The number of halogens is 1. The van der Waals surface area contributed by atoms with Crippen LogP contribution in [0.3, 0.4) is 0 Å². The van der Waals surface area contributed by atoms with Gasteiger partial charge in [0.25, 0.3) is 0 Å². The third-order valence-electron chi connectivity index (χ3n) is 4.17. The van der Waals surface area contributed by atoms with Crippen molar-refractivity contribution in [2.75, 3.05) is 5.32 Å². The molecule has 0 saturated heterocycles. The van der Waals surface area contributed by atoms with Crippen molar-refractivity contribution in [2.24, 2.45) is 0 Å². The van der Waals surface area contributed by atoms with Gasteiger partial charge in [0.15, 0.2) is 0 Å². The molecule has 1 N–H and O–H groups in total. The third-order valence-corrected chi connectivity index (χ3v) is 5.57. The first-order chi connectivity index (χ1) is 11.1. The molecule has 6 heteroatoms. The van der Waals surface area contributed by atoms with Gasteiger partial charge in [-0.3, -0.25) is 4.79 Å². The second kappa shape index (κ2) is 5.51. The quantitative estimate of drug-likeness (QED) is 0.751. The number of amides is 1. The van der Waals surface area contributed by atoms with Crippen LogP contribution in [0.5, 0.6) is 0 Å². The van der Waals surface area contributed by atoms with E-state index in [1.54, 1.807) is 16.0 Å². The van der Waals surface area contributed by atoms with E-state index in [9.17, 15) is 4.79 Å². The molecule has 23 heavy (non-hydrogen) atoms. The third kappa shape index (κ3) is 2.36. The Bertz CT molecular complexity index is 885. The minimum atomic E-state index is 0.0114. The van der Waals surface area contributed by atoms with E-state index in [4.69, 9.17) is 11.6 Å². The average molecular weight is 344 g/mol. The van der Waals surface area contributed by atoms with Gasteiger partial charge in [-0.15, -0.1) is 11.3 Å². The zero-order valence-corrected chi connectivity index (χ0v) is 14.0. The molecule has 1 amide bonds. The molecule has 2 aromatic heterocycles. The van der Waals surface area contributed by atoms with Crippen LogP contribution in [0.25, 0.3) is 5.69 Å². The van der Waals surface area contributed by atoms with Crippen LogP contribution in [0.2, 0.25) is 5.02 Å². The van der Waals surface area contributed by atoms with Crippen molar-refractivity contribution >= 4 is 34.7 Å². The molecule has 3 aromatic rings. The highest BCUT2D eigenvalue weighted by molar-refractivity contribution is 7.10. The van der Waals surface area contributed by atoms with Crippen molar-refractivity contribution in [3.63, 3.8) is 0 Å². The molecular weight excluding hydrogens is 330 g/mol. The monoisotopic (exact) mass is 343 g/mol. The van der Waals surface area contributed by atoms with Crippen molar-refractivity contribution in [2.45, 2.75) is 19.3 Å². The van der Waals surface area contributed by atoms with Gasteiger partial charge in [-0.1, -0.05) is 23.7 Å². The van der Waals surface area contributed by atoms with E-state index in [0.717, 1.165) is 22.6 Å². The molecular formula is C17H14ClN3OS. The van der Waals surface area contributed by atoms with Gasteiger partial charge in [0.1, 0.15) is 5.82 Å². The van der Waals surface area contributed by atoms with Crippen molar-refractivity contribution in [3.05, 3.63) is 62.9 Å². The highest BCUT2D eigenvalue weighted by atomic mass is 35.5. The normalized spacial score (nSPS) is 17.0. The molecule has 0 spiro atoms. The van der Waals surface area contributed by atoms with Gasteiger partial charge in [0.2, 0.25) is 5.91 Å². The molecule has 0 aliphatic carbocycles. The molecule has 1 aromatic carbocycles. The highest BCUT2D eigenvalue weighted by Crippen LogP contribution is 2.40. The first-order valence-electron chi connectivity index (χ1n) is 7.32. The molecule has 1 atom stereocenters. The number of carbonyl (C=O) groups excluding carboxylic acids is 1. The number of hydrogen-bond donors (Lipinski definition) is 1. The number of thiophene rings is 1. The number of nitrogens with zero attached hydrogens (tertiary/aromatic N) is 2. The fourth-order valence-corrected chi connectivity index (χ4v) is 3.99. The van der Waals surface area contributed by atoms with Crippen LogP contribution in [-0.2, 0) is 4.79 Å². The van der Waals surface area contributed by atoms with Crippen LogP contribution in [-0.4, -0.2) is 15.7 Å². The first kappa shape index (κ1) is 14.5. The van der Waals surface area contributed by atoms with E-state index in [1.165, 1.54) is 4.88 Å². The van der Waals surface area contributed by atoms with Crippen molar-refractivity contribution in [1.82, 2.24) is 9.78 Å². The molecule has 4 rings (SSSR count). The maximum Gasteiger partial charge on any atom is 0.226 e. The number of anilines is 1. The fraction of sp³-hybridized carbons (Fsp3) is 0.176. The smallest absolute Gasteiger partial charge is 0.226 e. The van der Waals surface area contributed by atoms with Crippen LogP contribution >= 0.6 is 22.9 Å². The predicted octanol–water partition coefficient (Wildman–Crippen LogP) is 4.37. The summed E-state index contributed by atoms with van der Waals surface area (Å²) in [5.41, 5.74) is 2.87. The highest BCUT2D eigenvalue weighted by Gasteiger charge is 2.31. The number of rotatable bonds is 2. The number of aromatic nitrogens is 2. The lowest BCUT2D eigenvalue weighted by molar-refractivity contribution is -0.116. The number of nitrogens with one attached hydrogen (secondary N) is 1. The second-order valence-corrected chi connectivity index (χ2v) is 6.95. The molecule has 1 aliphatic rings. The molecule has 0 saturated carbocycles. The van der Waals surface area contributed by atoms with Gasteiger partial charge < -0.3 is 5.32 Å². The van der Waals surface area contributed by atoms with E-state index >= 15 is 0 Å². The maximum absolute atomic E-state index is 12.2. The van der Waals surface area contributed by atoms with Crippen molar-refractivity contribution in [1.29, 1.82) is 0 Å². The average Bonchev–Trinajstić information content (AvgIpc) is 3.19. The Labute approximate surface area is 142 Å². The summed E-state index contributed by atoms with van der Waals surface area (Å²) in [4.78, 5) is 13.4. The summed E-state index contributed by atoms with van der Waals surface area (Å²) in [6, 6.07) is 9.77. The molecule has 0 fully saturated rings. The molecule has 4 nitrogen and oxygen atoms in total. The summed E-state index contributed by atoms with van der Waals surface area (Å²) in [5.74, 6) is 0.814. The predicted molar refractivity (Wildman–Crippen MR) is 92.7 cm³/mol. The van der Waals surface area contributed by atoms with Gasteiger partial charge in [0, 0.05) is 27.8 Å². The molecule has 1 unspecified atom stereocenters. The lowest BCUT2D eigenvalue weighted by atomic mass is 9.93. The molecule has 1 aliphatic heterocycles. The number of carbonyl (C=O) groups is 1. The Kier molecular flexibility index (Phi) is 3.47. The molecule has 0 radical (unpaired) electrons. The molecule has 3 heterocycles. The number of fused-ring (bicyclic) bond motifs is 1. The van der Waals surface area contributed by atoms with Crippen LogP contribution < -0.4 is 5.32 Å². The van der Waals surface area contributed by atoms with Crippen LogP contribution in [0.1, 0.15) is 28.3 Å². The lowest BCUT2D eigenvalue weighted by Gasteiger charge is -2.23. The Morgan fingerprint density at radius 2 is 2.22 bits per heavy atom. The zero-order chi connectivity index (χ0) is 16.0. The van der Waals surface area contributed by atoms with Gasteiger partial charge in [-0.2, -0.15) is 5.10 Å². The van der Waals surface area contributed by atoms with E-state index in [0.29, 0.717) is 11.4 Å². The summed E-state index contributed by atoms with van der Waals surface area (Å²) in [6.45, 7) is 1.95. The Balaban J connectivity index is 1.87. The van der Waals surface area contributed by atoms with Crippen LogP contribution in [0.4, 0.5) is 5.82 Å². The molecule has 116 valence electrons. The largest absolute Gasteiger partial charge is 0.310 e. The first-order valence-corrected chi connectivity index (χ1v) is 8.57. The summed E-state index contributed by atoms with van der Waals surface area (Å²) in [5, 5.41) is 10.2. The molecule has 0 bridgehead atoms. The van der Waals surface area contributed by atoms with Gasteiger partial charge in [0.05, 0.1) is 11.9 Å². The number of hydrogen-bond acceptors (Lipinski definition) is 3. The number of benzene rings is 1. The SMILES string of the molecule is Cc1c(Cl)cccc1-n1ncc2c1NC(=O)CC2c1cccs1. The minimum Gasteiger partial charge on any atom is -0.310 e. The van der Waals surface area contributed by atoms with Gasteiger partial charge >= 0.3 is 0 Å². The summed E-state index contributed by atoms with van der Waals surface area (Å²) in [6.07, 6.45) is 2.30. The summed E-state index contributed by atoms with van der Waals surface area (Å²) < 4.78 is 1.77. The maximum atomic E-state index is 12.2. The fourth-order valence-electron chi connectivity index (χ4n) is 2.97. The van der Waals surface area contributed by atoms with Crippen molar-refractivity contribution in [3.8, 4) is 5.69 Å². The summed E-state index contributed by atoms with van der Waals surface area (Å²) in [7, 11) is 0. The van der Waals surface area contributed by atoms with Gasteiger partial charge in [-0.05, 0) is 36.1 Å². The zero-order valence-electron chi connectivity index (χ0n) is 12.4. The van der Waals surface area contributed by atoms with E-state index in [1.807, 2.05) is 42.8 Å². The van der Waals surface area contributed by atoms with E-state index in [-0.39, 0.29) is 11.8 Å². The topological polar surface area (TPSA) is 46.9 Å². The minimum absolute atomic E-state index is 0.0114. The Hall–Kier alpha value is -2.11. The Morgan fingerprint density at radius 3 is 3.00 bits per heavy atom. The van der Waals surface area contributed by atoms with E-state index in [2.05, 4.69) is 16.5 Å². The Morgan fingerprint density at radius 1 is 1.35 bits per heavy atom. The standard InChI is InChI=1S/C17H14ClN3OS/c1-10-13(18)4-2-5-14(10)21-17-12(9-19-21)11(8-16(22)20-17)15-6-3-7-23-15/h2-7,9,11H,8H2,1H3,(H,20,22). The van der Waals surface area contributed by atoms with Crippen LogP contribution in [0.15, 0.2) is 41.9 Å². The summed E-state index contributed by atoms with van der Waals surface area (Å²) >= 11 is 7.89.